The number of rotatable bonds is 2. The van der Waals surface area contributed by atoms with E-state index in [4.69, 9.17) is 11.6 Å². The van der Waals surface area contributed by atoms with E-state index in [1.807, 2.05) is 30.3 Å². The Morgan fingerprint density at radius 3 is 2.70 bits per heavy atom. The van der Waals surface area contributed by atoms with Crippen LogP contribution in [0.15, 0.2) is 42.6 Å². The molecule has 0 radical (unpaired) electrons. The molecule has 0 aliphatic heterocycles. The van der Waals surface area contributed by atoms with Crippen molar-refractivity contribution in [3.8, 4) is 11.4 Å². The minimum atomic E-state index is -0.553. The number of hydrogen-bond acceptors (Lipinski definition) is 5. The molecule has 0 aliphatic carbocycles. The van der Waals surface area contributed by atoms with Gasteiger partial charge in [0.15, 0.2) is 5.69 Å². The molecular formula is C13H7ClN4O2. The molecule has 0 bridgehead atoms. The van der Waals surface area contributed by atoms with Crippen molar-refractivity contribution in [2.75, 3.05) is 0 Å². The molecule has 0 saturated carbocycles. The lowest BCUT2D eigenvalue weighted by molar-refractivity contribution is -0.384. The van der Waals surface area contributed by atoms with Gasteiger partial charge in [-0.1, -0.05) is 24.3 Å². The number of pyridine rings is 1. The summed E-state index contributed by atoms with van der Waals surface area (Å²) in [5.41, 5.74) is 1.01. The van der Waals surface area contributed by atoms with Crippen molar-refractivity contribution in [1.82, 2.24) is 15.0 Å². The molecule has 2 heterocycles. The lowest BCUT2D eigenvalue weighted by Gasteiger charge is -2.03. The van der Waals surface area contributed by atoms with Crippen molar-refractivity contribution < 1.29 is 4.92 Å². The predicted molar refractivity (Wildman–Crippen MR) is 74.4 cm³/mol. The van der Waals surface area contributed by atoms with Gasteiger partial charge in [0.1, 0.15) is 6.20 Å². The maximum absolute atomic E-state index is 11.0. The van der Waals surface area contributed by atoms with Gasteiger partial charge in [0.25, 0.3) is 0 Å². The number of halogens is 1. The van der Waals surface area contributed by atoms with Crippen LogP contribution in [-0.4, -0.2) is 19.9 Å². The SMILES string of the molecule is O=[N+]([O-])c1cnc(Cl)nc1-c1ccc2ccccc2n1. The molecule has 0 unspecified atom stereocenters. The van der Waals surface area contributed by atoms with Crippen LogP contribution in [0.2, 0.25) is 5.28 Å². The van der Waals surface area contributed by atoms with E-state index < -0.39 is 4.92 Å². The maximum Gasteiger partial charge on any atom is 0.315 e. The first-order valence-electron chi connectivity index (χ1n) is 5.68. The summed E-state index contributed by atoms with van der Waals surface area (Å²) in [6.07, 6.45) is 1.08. The van der Waals surface area contributed by atoms with Crippen LogP contribution in [0.5, 0.6) is 0 Å². The Morgan fingerprint density at radius 1 is 1.10 bits per heavy atom. The van der Waals surface area contributed by atoms with E-state index in [0.29, 0.717) is 5.69 Å². The molecule has 0 N–H and O–H groups in total. The van der Waals surface area contributed by atoms with Crippen LogP contribution >= 0.6 is 11.6 Å². The second-order valence-corrected chi connectivity index (χ2v) is 4.36. The van der Waals surface area contributed by atoms with Crippen LogP contribution in [0.3, 0.4) is 0 Å². The van der Waals surface area contributed by atoms with Crippen LogP contribution in [0.4, 0.5) is 5.69 Å². The van der Waals surface area contributed by atoms with Crippen LogP contribution < -0.4 is 0 Å². The average Bonchev–Trinajstić information content (AvgIpc) is 2.46. The molecule has 6 nitrogen and oxygen atoms in total. The zero-order chi connectivity index (χ0) is 14.1. The van der Waals surface area contributed by atoms with E-state index in [-0.39, 0.29) is 16.7 Å². The molecule has 2 aromatic heterocycles. The zero-order valence-corrected chi connectivity index (χ0v) is 10.8. The Morgan fingerprint density at radius 2 is 1.90 bits per heavy atom. The zero-order valence-electron chi connectivity index (χ0n) is 10.0. The summed E-state index contributed by atoms with van der Waals surface area (Å²) in [6.45, 7) is 0. The van der Waals surface area contributed by atoms with E-state index in [1.165, 1.54) is 0 Å². The number of nitrogens with zero attached hydrogens (tertiary/aromatic N) is 4. The fourth-order valence-electron chi connectivity index (χ4n) is 1.87. The summed E-state index contributed by atoms with van der Waals surface area (Å²) in [5.74, 6) is 0. The van der Waals surface area contributed by atoms with E-state index in [1.54, 1.807) is 6.07 Å². The fraction of sp³-hybridized carbons (Fsp3) is 0. The summed E-state index contributed by atoms with van der Waals surface area (Å²) in [7, 11) is 0. The van der Waals surface area contributed by atoms with Crippen molar-refractivity contribution >= 4 is 28.2 Å². The molecule has 0 aliphatic rings. The van der Waals surface area contributed by atoms with Crippen molar-refractivity contribution in [1.29, 1.82) is 0 Å². The highest BCUT2D eigenvalue weighted by atomic mass is 35.5. The first kappa shape index (κ1) is 12.4. The van der Waals surface area contributed by atoms with Crippen LogP contribution in [0, 0.1) is 10.1 Å². The first-order chi connectivity index (χ1) is 9.65. The first-order valence-corrected chi connectivity index (χ1v) is 6.06. The number of fused-ring (bicyclic) bond motifs is 1. The highest BCUT2D eigenvalue weighted by Crippen LogP contribution is 2.28. The lowest BCUT2D eigenvalue weighted by Crippen LogP contribution is -1.98. The topological polar surface area (TPSA) is 81.8 Å². The van der Waals surface area contributed by atoms with Gasteiger partial charge in [0.2, 0.25) is 5.28 Å². The molecule has 0 spiro atoms. The van der Waals surface area contributed by atoms with Crippen molar-refractivity contribution in [3.05, 3.63) is 58.0 Å². The van der Waals surface area contributed by atoms with Gasteiger partial charge < -0.3 is 0 Å². The van der Waals surface area contributed by atoms with Gasteiger partial charge in [-0.15, -0.1) is 0 Å². The molecule has 98 valence electrons. The Labute approximate surface area is 118 Å². The van der Waals surface area contributed by atoms with Crippen molar-refractivity contribution in [2.45, 2.75) is 0 Å². The standard InChI is InChI=1S/C13H7ClN4O2/c14-13-15-7-11(18(19)20)12(17-13)10-6-5-8-3-1-2-4-9(8)16-10/h1-7H. The van der Waals surface area contributed by atoms with Gasteiger partial charge in [-0.05, 0) is 23.7 Å². The minimum Gasteiger partial charge on any atom is -0.258 e. The summed E-state index contributed by atoms with van der Waals surface area (Å²) >= 11 is 5.72. The normalized spacial score (nSPS) is 10.7. The molecule has 20 heavy (non-hydrogen) atoms. The predicted octanol–water partition coefficient (Wildman–Crippen LogP) is 3.25. The van der Waals surface area contributed by atoms with Gasteiger partial charge in [-0.3, -0.25) is 10.1 Å². The average molecular weight is 287 g/mol. The van der Waals surface area contributed by atoms with Gasteiger partial charge in [0, 0.05) is 5.39 Å². The number of aromatic nitrogens is 3. The summed E-state index contributed by atoms with van der Waals surface area (Å²) in [4.78, 5) is 22.4. The molecule has 3 rings (SSSR count). The van der Waals surface area contributed by atoms with Crippen LogP contribution in [0.25, 0.3) is 22.3 Å². The number of para-hydroxylation sites is 1. The highest BCUT2D eigenvalue weighted by molar-refractivity contribution is 6.28. The third kappa shape index (κ3) is 2.17. The second kappa shape index (κ2) is 4.82. The molecule has 1 aromatic carbocycles. The Bertz CT molecular complexity index is 822. The minimum absolute atomic E-state index is 0.0550. The van der Waals surface area contributed by atoms with Gasteiger partial charge >= 0.3 is 5.69 Å². The van der Waals surface area contributed by atoms with Crippen molar-refractivity contribution in [2.24, 2.45) is 0 Å². The van der Waals surface area contributed by atoms with Gasteiger partial charge in [-0.25, -0.2) is 15.0 Å². The molecule has 7 heteroatoms. The second-order valence-electron chi connectivity index (χ2n) is 4.02. The summed E-state index contributed by atoms with van der Waals surface area (Å²) in [6, 6.07) is 11.0. The van der Waals surface area contributed by atoms with Crippen LogP contribution in [0.1, 0.15) is 0 Å². The van der Waals surface area contributed by atoms with E-state index >= 15 is 0 Å². The van der Waals surface area contributed by atoms with Gasteiger partial charge in [-0.2, -0.15) is 0 Å². The molecule has 0 saturated heterocycles. The number of benzene rings is 1. The van der Waals surface area contributed by atoms with Crippen molar-refractivity contribution in [3.63, 3.8) is 0 Å². The van der Waals surface area contributed by atoms with E-state index in [9.17, 15) is 10.1 Å². The third-order valence-corrected chi connectivity index (χ3v) is 2.96. The Hall–Kier alpha value is -2.60. The van der Waals surface area contributed by atoms with E-state index in [2.05, 4.69) is 15.0 Å². The monoisotopic (exact) mass is 286 g/mol. The van der Waals surface area contributed by atoms with Crippen LogP contribution in [-0.2, 0) is 0 Å². The van der Waals surface area contributed by atoms with E-state index in [0.717, 1.165) is 17.1 Å². The molecule has 3 aromatic rings. The largest absolute Gasteiger partial charge is 0.315 e. The Kier molecular flexibility index (Phi) is 3.00. The quantitative estimate of drug-likeness (QED) is 0.410. The Balaban J connectivity index is 2.24. The fourth-order valence-corrected chi connectivity index (χ4v) is 2.01. The maximum atomic E-state index is 11.0. The molecule has 0 fully saturated rings. The van der Waals surface area contributed by atoms with Gasteiger partial charge in [0.05, 0.1) is 16.1 Å². The summed E-state index contributed by atoms with van der Waals surface area (Å²) < 4.78 is 0. The molecule has 0 amide bonds. The number of hydrogen-bond donors (Lipinski definition) is 0. The highest BCUT2D eigenvalue weighted by Gasteiger charge is 2.19. The molecular weight excluding hydrogens is 280 g/mol. The number of nitro groups is 1. The summed E-state index contributed by atoms with van der Waals surface area (Å²) in [5, 5.41) is 11.9. The smallest absolute Gasteiger partial charge is 0.258 e. The molecule has 0 atom stereocenters. The lowest BCUT2D eigenvalue weighted by atomic mass is 10.1. The third-order valence-electron chi connectivity index (χ3n) is 2.78.